The highest BCUT2D eigenvalue weighted by molar-refractivity contribution is 9.10. The van der Waals surface area contributed by atoms with Crippen LogP contribution >= 0.6 is 15.9 Å². The summed E-state index contributed by atoms with van der Waals surface area (Å²) in [7, 11) is -1.03. The van der Waals surface area contributed by atoms with Gasteiger partial charge in [0.15, 0.2) is 0 Å². The first-order chi connectivity index (χ1) is 9.66. The molecule has 0 aromatic heterocycles. The van der Waals surface area contributed by atoms with Crippen LogP contribution in [0.4, 0.5) is 0 Å². The smallest absolute Gasteiger partial charge is 0.0541 e. The van der Waals surface area contributed by atoms with Gasteiger partial charge in [0.2, 0.25) is 0 Å². The minimum Gasteiger partial charge on any atom is -0.255 e. The molecule has 3 aromatic carbocycles. The summed E-state index contributed by atoms with van der Waals surface area (Å²) < 4.78 is 13.3. The second-order valence-corrected chi connectivity index (χ2v) is 6.86. The molecule has 3 rings (SSSR count). The predicted octanol–water partition coefficient (Wildman–Crippen LogP) is 5.01. The third-order valence-corrected chi connectivity index (χ3v) is 4.87. The molecule has 0 spiro atoms. The van der Waals surface area contributed by atoms with Crippen LogP contribution in [0.25, 0.3) is 21.9 Å². The van der Waals surface area contributed by atoms with Crippen molar-refractivity contribution in [2.75, 3.05) is 6.26 Å². The highest BCUT2D eigenvalue weighted by Gasteiger charge is 2.12. The molecule has 0 aliphatic heterocycles. The van der Waals surface area contributed by atoms with Crippen LogP contribution in [0.1, 0.15) is 0 Å². The molecule has 3 aromatic rings. The van der Waals surface area contributed by atoms with Crippen LogP contribution in [0, 0.1) is 0 Å². The van der Waals surface area contributed by atoms with E-state index < -0.39 is 10.8 Å². The van der Waals surface area contributed by atoms with Crippen LogP contribution in [0.15, 0.2) is 70.0 Å². The fraction of sp³-hybridized carbons (Fsp3) is 0.0588. The fourth-order valence-electron chi connectivity index (χ4n) is 2.41. The minimum absolute atomic E-state index is 0.908. The van der Waals surface area contributed by atoms with Crippen molar-refractivity contribution in [2.45, 2.75) is 4.90 Å². The van der Waals surface area contributed by atoms with E-state index in [0.717, 1.165) is 31.3 Å². The summed E-state index contributed by atoms with van der Waals surface area (Å²) in [5, 5.41) is 2.19. The summed E-state index contributed by atoms with van der Waals surface area (Å²) in [5.41, 5.74) is 2.13. The van der Waals surface area contributed by atoms with Gasteiger partial charge in [-0.05, 0) is 34.0 Å². The maximum absolute atomic E-state index is 12.2. The number of hydrogen-bond donors (Lipinski definition) is 0. The Morgan fingerprint density at radius 2 is 1.60 bits per heavy atom. The zero-order chi connectivity index (χ0) is 14.1. The molecule has 0 N–H and O–H groups in total. The summed E-state index contributed by atoms with van der Waals surface area (Å²) in [6, 6.07) is 20.3. The van der Waals surface area contributed by atoms with Gasteiger partial charge in [-0.2, -0.15) is 0 Å². The van der Waals surface area contributed by atoms with Gasteiger partial charge in [-0.1, -0.05) is 64.5 Å². The van der Waals surface area contributed by atoms with Gasteiger partial charge in [0.25, 0.3) is 0 Å². The average molecular weight is 345 g/mol. The third kappa shape index (κ3) is 2.43. The molecule has 1 nitrogen and oxygen atoms in total. The zero-order valence-corrected chi connectivity index (χ0v) is 13.4. The summed E-state index contributed by atoms with van der Waals surface area (Å²) in [6.45, 7) is 0. The van der Waals surface area contributed by atoms with Gasteiger partial charge in [-0.3, -0.25) is 4.21 Å². The molecule has 0 heterocycles. The standard InChI is InChI=1S/C17H13BrOS/c1-20(19)17-15-5-3-2-4-12(15)8-11-16(17)13-6-9-14(18)10-7-13/h2-11H,1H3. The van der Waals surface area contributed by atoms with E-state index in [4.69, 9.17) is 0 Å². The van der Waals surface area contributed by atoms with Crippen molar-refractivity contribution in [3.8, 4) is 11.1 Å². The van der Waals surface area contributed by atoms with Gasteiger partial charge >= 0.3 is 0 Å². The first kappa shape index (κ1) is 13.5. The SMILES string of the molecule is CS(=O)c1c(-c2ccc(Br)cc2)ccc2ccccc12. The molecule has 0 saturated carbocycles. The molecule has 100 valence electrons. The second kappa shape index (κ2) is 5.51. The van der Waals surface area contributed by atoms with E-state index in [1.165, 1.54) is 0 Å². The number of hydrogen-bond acceptors (Lipinski definition) is 1. The Kier molecular flexibility index (Phi) is 3.72. The van der Waals surface area contributed by atoms with Crippen LogP contribution in [-0.2, 0) is 10.8 Å². The first-order valence-electron chi connectivity index (χ1n) is 6.28. The molecule has 1 unspecified atom stereocenters. The number of rotatable bonds is 2. The van der Waals surface area contributed by atoms with Crippen LogP contribution < -0.4 is 0 Å². The Labute approximate surface area is 129 Å². The molecule has 0 saturated heterocycles. The molecule has 1 atom stereocenters. The molecule has 0 aliphatic rings. The summed E-state index contributed by atoms with van der Waals surface area (Å²) in [5.74, 6) is 0. The predicted molar refractivity (Wildman–Crippen MR) is 89.4 cm³/mol. The van der Waals surface area contributed by atoms with Crippen molar-refractivity contribution in [3.05, 3.63) is 65.1 Å². The first-order valence-corrected chi connectivity index (χ1v) is 8.63. The van der Waals surface area contributed by atoms with E-state index >= 15 is 0 Å². The average Bonchev–Trinajstić information content (AvgIpc) is 2.46. The summed E-state index contributed by atoms with van der Waals surface area (Å²) >= 11 is 3.45. The molecular formula is C17H13BrOS. The highest BCUT2D eigenvalue weighted by atomic mass is 79.9. The second-order valence-electron chi connectivity index (χ2n) is 4.62. The Bertz CT molecular complexity index is 794. The largest absolute Gasteiger partial charge is 0.255 e. The van der Waals surface area contributed by atoms with Gasteiger partial charge in [0.05, 0.1) is 15.7 Å². The lowest BCUT2D eigenvalue weighted by Gasteiger charge is -2.11. The molecule has 0 aliphatic carbocycles. The van der Waals surface area contributed by atoms with Crippen LogP contribution in [-0.4, -0.2) is 10.5 Å². The van der Waals surface area contributed by atoms with E-state index in [1.54, 1.807) is 6.26 Å². The molecule has 3 heteroatoms. The lowest BCUT2D eigenvalue weighted by molar-refractivity contribution is 0.687. The number of halogens is 1. The van der Waals surface area contributed by atoms with Gasteiger partial charge in [-0.25, -0.2) is 0 Å². The van der Waals surface area contributed by atoms with Gasteiger partial charge in [0.1, 0.15) is 0 Å². The van der Waals surface area contributed by atoms with E-state index in [-0.39, 0.29) is 0 Å². The lowest BCUT2D eigenvalue weighted by atomic mass is 10.0. The van der Waals surface area contributed by atoms with E-state index in [0.29, 0.717) is 0 Å². The Morgan fingerprint density at radius 3 is 2.30 bits per heavy atom. The monoisotopic (exact) mass is 344 g/mol. The molecule has 20 heavy (non-hydrogen) atoms. The van der Waals surface area contributed by atoms with Crippen molar-refractivity contribution in [3.63, 3.8) is 0 Å². The Morgan fingerprint density at radius 1 is 0.900 bits per heavy atom. The molecule has 0 fully saturated rings. The fourth-order valence-corrected chi connectivity index (χ4v) is 3.66. The highest BCUT2D eigenvalue weighted by Crippen LogP contribution is 2.33. The van der Waals surface area contributed by atoms with Gasteiger partial charge in [0, 0.05) is 10.7 Å². The maximum Gasteiger partial charge on any atom is 0.0541 e. The third-order valence-electron chi connectivity index (χ3n) is 3.32. The van der Waals surface area contributed by atoms with Crippen LogP contribution in [0.5, 0.6) is 0 Å². The minimum atomic E-state index is -1.03. The number of benzene rings is 3. The van der Waals surface area contributed by atoms with E-state index in [1.807, 2.05) is 42.5 Å². The van der Waals surface area contributed by atoms with Crippen LogP contribution in [0.3, 0.4) is 0 Å². The quantitative estimate of drug-likeness (QED) is 0.638. The maximum atomic E-state index is 12.2. The van der Waals surface area contributed by atoms with Gasteiger partial charge in [-0.15, -0.1) is 0 Å². The topological polar surface area (TPSA) is 17.1 Å². The lowest BCUT2D eigenvalue weighted by Crippen LogP contribution is -1.94. The van der Waals surface area contributed by atoms with Crippen molar-refractivity contribution < 1.29 is 4.21 Å². The summed E-state index contributed by atoms with van der Waals surface area (Å²) in [4.78, 5) is 0.908. The molecule has 0 bridgehead atoms. The molecular weight excluding hydrogens is 332 g/mol. The van der Waals surface area contributed by atoms with Crippen LogP contribution in [0.2, 0.25) is 0 Å². The molecule has 0 amide bonds. The Balaban J connectivity index is 2.33. The van der Waals surface area contributed by atoms with E-state index in [2.05, 4.69) is 34.1 Å². The zero-order valence-electron chi connectivity index (χ0n) is 11.0. The number of fused-ring (bicyclic) bond motifs is 1. The van der Waals surface area contributed by atoms with E-state index in [9.17, 15) is 4.21 Å². The Hall–Kier alpha value is -1.45. The van der Waals surface area contributed by atoms with Crippen molar-refractivity contribution in [2.24, 2.45) is 0 Å². The van der Waals surface area contributed by atoms with Gasteiger partial charge < -0.3 is 0 Å². The van der Waals surface area contributed by atoms with Crippen molar-refractivity contribution in [1.82, 2.24) is 0 Å². The normalized spacial score (nSPS) is 12.5. The molecule has 0 radical (unpaired) electrons. The van der Waals surface area contributed by atoms with Crippen molar-refractivity contribution in [1.29, 1.82) is 0 Å². The summed E-state index contributed by atoms with van der Waals surface area (Å²) in [6.07, 6.45) is 1.74. The van der Waals surface area contributed by atoms with Crippen molar-refractivity contribution >= 4 is 37.5 Å².